The molecule has 0 aliphatic rings. The number of hydrogen-bond donors (Lipinski definition) is 1. The molecule has 0 spiro atoms. The van der Waals surface area contributed by atoms with Gasteiger partial charge in [-0.1, -0.05) is 22.9 Å². The molecule has 0 radical (unpaired) electrons. The minimum Gasteiger partial charge on any atom is -0.396 e. The minimum absolute atomic E-state index is 0.0946. The molecular formula is C10H12BrNO3S. The topological polar surface area (TPSA) is 63.4 Å². The van der Waals surface area contributed by atoms with Crippen LogP contribution >= 0.6 is 27.7 Å². The summed E-state index contributed by atoms with van der Waals surface area (Å²) in [5, 5.41) is 19.7. The van der Waals surface area contributed by atoms with E-state index in [1.54, 1.807) is 12.1 Å². The van der Waals surface area contributed by atoms with Gasteiger partial charge in [-0.05, 0) is 18.1 Å². The molecular weight excluding hydrogens is 294 g/mol. The Morgan fingerprint density at radius 3 is 2.88 bits per heavy atom. The van der Waals surface area contributed by atoms with E-state index in [2.05, 4.69) is 15.9 Å². The Bertz CT molecular complexity index is 386. The third-order valence-corrected chi connectivity index (χ3v) is 3.84. The first-order valence-electron chi connectivity index (χ1n) is 4.72. The van der Waals surface area contributed by atoms with Crippen LogP contribution in [0.1, 0.15) is 6.92 Å². The van der Waals surface area contributed by atoms with Crippen LogP contribution in [0.15, 0.2) is 27.6 Å². The van der Waals surface area contributed by atoms with Crippen LogP contribution in [0.5, 0.6) is 0 Å². The summed E-state index contributed by atoms with van der Waals surface area (Å²) in [5.74, 6) is 0.798. The van der Waals surface area contributed by atoms with Crippen LogP contribution in [0, 0.1) is 16.0 Å². The maximum Gasteiger partial charge on any atom is 0.283 e. The lowest BCUT2D eigenvalue weighted by atomic mass is 10.2. The highest BCUT2D eigenvalue weighted by atomic mass is 79.9. The summed E-state index contributed by atoms with van der Waals surface area (Å²) < 4.78 is 0.693. The molecule has 88 valence electrons. The smallest absolute Gasteiger partial charge is 0.283 e. The Labute approximate surface area is 106 Å². The number of rotatable bonds is 5. The number of aliphatic hydroxyl groups excluding tert-OH is 1. The second kappa shape index (κ2) is 6.22. The maximum atomic E-state index is 10.8. The molecule has 1 rings (SSSR count). The normalized spacial score (nSPS) is 12.4. The van der Waals surface area contributed by atoms with Crippen LogP contribution in [0.4, 0.5) is 5.69 Å². The summed E-state index contributed by atoms with van der Waals surface area (Å²) in [5.41, 5.74) is 0.101. The fourth-order valence-corrected chi connectivity index (χ4v) is 2.40. The predicted octanol–water partition coefficient (Wildman–Crippen LogP) is 3.08. The van der Waals surface area contributed by atoms with E-state index in [0.29, 0.717) is 15.1 Å². The molecule has 1 unspecified atom stereocenters. The van der Waals surface area contributed by atoms with Gasteiger partial charge in [0.1, 0.15) is 0 Å². The number of halogens is 1. The van der Waals surface area contributed by atoms with Gasteiger partial charge in [0.05, 0.1) is 9.82 Å². The number of hydrogen-bond acceptors (Lipinski definition) is 4. The van der Waals surface area contributed by atoms with E-state index in [-0.39, 0.29) is 18.2 Å². The zero-order valence-corrected chi connectivity index (χ0v) is 11.1. The second-order valence-corrected chi connectivity index (χ2v) is 5.45. The number of benzene rings is 1. The molecule has 0 heterocycles. The molecule has 1 N–H and O–H groups in total. The number of aliphatic hydroxyl groups is 1. The van der Waals surface area contributed by atoms with E-state index in [0.717, 1.165) is 0 Å². The molecule has 1 aromatic rings. The van der Waals surface area contributed by atoms with Crippen molar-refractivity contribution in [1.82, 2.24) is 0 Å². The van der Waals surface area contributed by atoms with Gasteiger partial charge in [-0.3, -0.25) is 10.1 Å². The largest absolute Gasteiger partial charge is 0.396 e. The molecule has 4 nitrogen and oxygen atoms in total. The molecule has 16 heavy (non-hydrogen) atoms. The summed E-state index contributed by atoms with van der Waals surface area (Å²) in [6.45, 7) is 2.00. The lowest BCUT2D eigenvalue weighted by molar-refractivity contribution is -0.387. The lowest BCUT2D eigenvalue weighted by Crippen LogP contribution is -2.03. The van der Waals surface area contributed by atoms with Crippen LogP contribution < -0.4 is 0 Å². The Kier molecular flexibility index (Phi) is 5.24. The zero-order valence-electron chi connectivity index (χ0n) is 8.72. The minimum atomic E-state index is -0.392. The van der Waals surface area contributed by atoms with Crippen molar-refractivity contribution in [2.24, 2.45) is 5.92 Å². The van der Waals surface area contributed by atoms with Crippen molar-refractivity contribution >= 4 is 33.4 Å². The first kappa shape index (κ1) is 13.5. The van der Waals surface area contributed by atoms with Crippen molar-refractivity contribution in [2.45, 2.75) is 11.8 Å². The second-order valence-electron chi connectivity index (χ2n) is 3.47. The average Bonchev–Trinajstić information content (AvgIpc) is 2.26. The Balaban J connectivity index is 2.82. The van der Waals surface area contributed by atoms with Gasteiger partial charge >= 0.3 is 0 Å². The third-order valence-electron chi connectivity index (χ3n) is 1.95. The molecule has 0 aliphatic carbocycles. The molecule has 0 fully saturated rings. The van der Waals surface area contributed by atoms with Gasteiger partial charge in [-0.25, -0.2) is 0 Å². The van der Waals surface area contributed by atoms with Crippen molar-refractivity contribution in [2.75, 3.05) is 12.4 Å². The Hall–Kier alpha value is -0.590. The fourth-order valence-electron chi connectivity index (χ4n) is 1.04. The lowest BCUT2D eigenvalue weighted by Gasteiger charge is -2.07. The predicted molar refractivity (Wildman–Crippen MR) is 67.8 cm³/mol. The van der Waals surface area contributed by atoms with Gasteiger partial charge in [0.15, 0.2) is 0 Å². The van der Waals surface area contributed by atoms with Gasteiger partial charge in [-0.2, -0.15) is 0 Å². The average molecular weight is 306 g/mol. The highest BCUT2D eigenvalue weighted by Gasteiger charge is 2.15. The van der Waals surface area contributed by atoms with Gasteiger partial charge in [-0.15, -0.1) is 11.8 Å². The van der Waals surface area contributed by atoms with E-state index >= 15 is 0 Å². The monoisotopic (exact) mass is 305 g/mol. The van der Waals surface area contributed by atoms with E-state index in [9.17, 15) is 10.1 Å². The van der Waals surface area contributed by atoms with E-state index < -0.39 is 4.92 Å². The van der Waals surface area contributed by atoms with Crippen molar-refractivity contribution in [3.63, 3.8) is 0 Å². The van der Waals surface area contributed by atoms with Crippen LogP contribution in [0.3, 0.4) is 0 Å². The van der Waals surface area contributed by atoms with Crippen molar-refractivity contribution in [3.05, 3.63) is 32.8 Å². The van der Waals surface area contributed by atoms with Crippen LogP contribution in [0.25, 0.3) is 0 Å². The summed E-state index contributed by atoms with van der Waals surface area (Å²) in [6.07, 6.45) is 0. The standard InChI is InChI=1S/C10H12BrNO3S/c1-7(5-13)6-16-10-3-2-8(11)4-9(10)12(14)15/h2-4,7,13H,5-6H2,1H3. The summed E-state index contributed by atoms with van der Waals surface area (Å²) >= 11 is 4.60. The molecule has 1 atom stereocenters. The van der Waals surface area contributed by atoms with Crippen LogP contribution in [-0.4, -0.2) is 22.4 Å². The summed E-state index contributed by atoms with van der Waals surface area (Å²) in [7, 11) is 0. The van der Waals surface area contributed by atoms with E-state index in [1.807, 2.05) is 6.92 Å². The molecule has 0 bridgehead atoms. The SMILES string of the molecule is CC(CO)CSc1ccc(Br)cc1[N+](=O)[O-]. The van der Waals surface area contributed by atoms with Crippen LogP contribution in [0.2, 0.25) is 0 Å². The molecule has 0 aromatic heterocycles. The first-order chi connectivity index (χ1) is 7.54. The van der Waals surface area contributed by atoms with E-state index in [4.69, 9.17) is 5.11 Å². The highest BCUT2D eigenvalue weighted by Crippen LogP contribution is 2.32. The molecule has 1 aromatic carbocycles. The molecule has 0 amide bonds. The molecule has 0 saturated heterocycles. The summed E-state index contributed by atoms with van der Waals surface area (Å²) in [4.78, 5) is 11.1. The van der Waals surface area contributed by atoms with Crippen LogP contribution in [-0.2, 0) is 0 Å². The number of nitro groups is 1. The number of nitrogens with zero attached hydrogens (tertiary/aromatic N) is 1. The van der Waals surface area contributed by atoms with Gasteiger partial charge in [0.25, 0.3) is 5.69 Å². The molecule has 6 heteroatoms. The number of thioether (sulfide) groups is 1. The van der Waals surface area contributed by atoms with E-state index in [1.165, 1.54) is 17.8 Å². The van der Waals surface area contributed by atoms with Gasteiger partial charge < -0.3 is 5.11 Å². The van der Waals surface area contributed by atoms with Crippen molar-refractivity contribution in [1.29, 1.82) is 0 Å². The first-order valence-corrected chi connectivity index (χ1v) is 6.50. The van der Waals surface area contributed by atoms with Gasteiger partial charge in [0, 0.05) is 22.9 Å². The Morgan fingerprint density at radius 2 is 2.31 bits per heavy atom. The van der Waals surface area contributed by atoms with Crippen molar-refractivity contribution in [3.8, 4) is 0 Å². The molecule has 0 saturated carbocycles. The highest BCUT2D eigenvalue weighted by molar-refractivity contribution is 9.10. The third kappa shape index (κ3) is 3.77. The quantitative estimate of drug-likeness (QED) is 0.516. The fraction of sp³-hybridized carbons (Fsp3) is 0.400. The molecule has 0 aliphatic heterocycles. The maximum absolute atomic E-state index is 10.8. The Morgan fingerprint density at radius 1 is 1.62 bits per heavy atom. The van der Waals surface area contributed by atoms with Gasteiger partial charge in [0.2, 0.25) is 0 Å². The number of nitro benzene ring substituents is 1. The van der Waals surface area contributed by atoms with Crippen molar-refractivity contribution < 1.29 is 10.0 Å². The zero-order chi connectivity index (χ0) is 12.1. The summed E-state index contributed by atoms with van der Waals surface area (Å²) in [6, 6.07) is 4.99.